The smallest absolute Gasteiger partial charge is 0.0458 e. The van der Waals surface area contributed by atoms with E-state index in [0.29, 0.717) is 17.8 Å². The normalized spacial score (nSPS) is 15.0. The van der Waals surface area contributed by atoms with Crippen molar-refractivity contribution in [2.75, 3.05) is 4.90 Å². The zero-order valence-electron chi connectivity index (χ0n) is 24.9. The maximum absolute atomic E-state index is 4.27. The Bertz CT molecular complexity index is 1230. The van der Waals surface area contributed by atoms with Crippen LogP contribution in [0.2, 0.25) is 0 Å². The minimum Gasteiger partial charge on any atom is -0.315 e. The van der Waals surface area contributed by atoms with Crippen molar-refractivity contribution in [1.29, 1.82) is 0 Å². The van der Waals surface area contributed by atoms with Crippen LogP contribution in [0.5, 0.6) is 0 Å². The molecule has 2 rings (SSSR count). The van der Waals surface area contributed by atoms with Gasteiger partial charge in [0.1, 0.15) is 0 Å². The Morgan fingerprint density at radius 3 is 2.00 bits per heavy atom. The summed E-state index contributed by atoms with van der Waals surface area (Å²) in [5.74, 6) is 1.16. The van der Waals surface area contributed by atoms with Gasteiger partial charge in [0, 0.05) is 17.1 Å². The maximum atomic E-state index is 4.27. The first-order chi connectivity index (χ1) is 18.7. The highest BCUT2D eigenvalue weighted by molar-refractivity contribution is 5.74. The van der Waals surface area contributed by atoms with Crippen LogP contribution in [0.15, 0.2) is 134 Å². The first-order valence-corrected chi connectivity index (χ1v) is 14.0. The van der Waals surface area contributed by atoms with Gasteiger partial charge in [0.2, 0.25) is 0 Å². The SMILES string of the molecule is C=C/C=C\C=C\c1ccc(N(C(=C)C)c2ccc(/C(=C/C(C)/C(C)=C/C=C)C(C)C(C)/C=C\CC)cc2)cc1. The van der Waals surface area contributed by atoms with Crippen molar-refractivity contribution in [2.45, 2.75) is 48.0 Å². The Balaban J connectivity index is 2.44. The van der Waals surface area contributed by atoms with Crippen molar-refractivity contribution in [3.8, 4) is 0 Å². The number of benzene rings is 2. The molecule has 2 aromatic carbocycles. The zero-order chi connectivity index (χ0) is 28.8. The third kappa shape index (κ3) is 9.45. The quantitative estimate of drug-likeness (QED) is 0.178. The minimum atomic E-state index is 0.328. The molecule has 3 unspecified atom stereocenters. The molecule has 1 heteroatoms. The van der Waals surface area contributed by atoms with E-state index in [-0.39, 0.29) is 0 Å². The largest absolute Gasteiger partial charge is 0.315 e. The second-order valence-electron chi connectivity index (χ2n) is 10.2. The first-order valence-electron chi connectivity index (χ1n) is 14.0. The molecule has 0 fully saturated rings. The number of anilines is 2. The molecule has 0 aromatic heterocycles. The highest BCUT2D eigenvalue weighted by atomic mass is 15.1. The fourth-order valence-electron chi connectivity index (χ4n) is 4.49. The van der Waals surface area contributed by atoms with Crippen LogP contribution in [-0.4, -0.2) is 0 Å². The Labute approximate surface area is 238 Å². The Morgan fingerprint density at radius 1 is 0.846 bits per heavy atom. The highest BCUT2D eigenvalue weighted by Crippen LogP contribution is 2.35. The topological polar surface area (TPSA) is 3.24 Å². The molecule has 2 aromatic rings. The van der Waals surface area contributed by atoms with Crippen LogP contribution < -0.4 is 4.90 Å². The van der Waals surface area contributed by atoms with Crippen LogP contribution in [0.1, 0.15) is 59.1 Å². The number of nitrogens with zero attached hydrogens (tertiary/aromatic N) is 1. The van der Waals surface area contributed by atoms with Crippen LogP contribution in [0.25, 0.3) is 11.6 Å². The first kappa shape index (κ1) is 31.4. The molecule has 0 heterocycles. The van der Waals surface area contributed by atoms with Crippen molar-refractivity contribution >= 4 is 23.0 Å². The van der Waals surface area contributed by atoms with Gasteiger partial charge >= 0.3 is 0 Å². The lowest BCUT2D eigenvalue weighted by Crippen LogP contribution is -2.14. The van der Waals surface area contributed by atoms with Crippen LogP contribution in [0.4, 0.5) is 11.4 Å². The molecule has 0 aliphatic heterocycles. The van der Waals surface area contributed by atoms with Crippen LogP contribution in [0.3, 0.4) is 0 Å². The van der Waals surface area contributed by atoms with Crippen molar-refractivity contribution < 1.29 is 0 Å². The van der Waals surface area contributed by atoms with Crippen LogP contribution >= 0.6 is 0 Å². The second-order valence-corrected chi connectivity index (χ2v) is 10.2. The summed E-state index contributed by atoms with van der Waals surface area (Å²) in [6.07, 6.45) is 21.9. The van der Waals surface area contributed by atoms with Gasteiger partial charge < -0.3 is 4.90 Å². The molecule has 0 saturated heterocycles. The number of rotatable bonds is 14. The molecule has 0 N–H and O–H groups in total. The summed E-state index contributed by atoms with van der Waals surface area (Å²) in [6.45, 7) is 25.2. The van der Waals surface area contributed by atoms with Gasteiger partial charge in [-0.15, -0.1) is 0 Å². The van der Waals surface area contributed by atoms with E-state index in [2.05, 4.69) is 138 Å². The number of hydrogen-bond acceptors (Lipinski definition) is 1. The van der Waals surface area contributed by atoms with E-state index in [4.69, 9.17) is 0 Å². The molecule has 39 heavy (non-hydrogen) atoms. The minimum absolute atomic E-state index is 0.328. The molecule has 0 radical (unpaired) electrons. The molecular weight excluding hydrogens is 470 g/mol. The monoisotopic (exact) mass is 517 g/mol. The molecule has 0 amide bonds. The molecular formula is C38H47N. The van der Waals surface area contributed by atoms with E-state index >= 15 is 0 Å². The molecule has 3 atom stereocenters. The molecule has 0 aliphatic rings. The van der Waals surface area contributed by atoms with Crippen molar-refractivity contribution in [2.24, 2.45) is 17.8 Å². The predicted molar refractivity (Wildman–Crippen MR) is 177 cm³/mol. The fourth-order valence-corrected chi connectivity index (χ4v) is 4.49. The van der Waals surface area contributed by atoms with Crippen molar-refractivity contribution in [3.63, 3.8) is 0 Å². The average molecular weight is 518 g/mol. The molecule has 0 spiro atoms. The Kier molecular flexibility index (Phi) is 13.0. The summed E-state index contributed by atoms with van der Waals surface area (Å²) in [6, 6.07) is 17.5. The average Bonchev–Trinajstić information content (AvgIpc) is 2.93. The summed E-state index contributed by atoms with van der Waals surface area (Å²) in [5, 5.41) is 0. The van der Waals surface area contributed by atoms with Gasteiger partial charge in [-0.25, -0.2) is 0 Å². The predicted octanol–water partition coefficient (Wildman–Crippen LogP) is 11.5. The number of hydrogen-bond donors (Lipinski definition) is 0. The summed E-state index contributed by atoms with van der Waals surface area (Å²) < 4.78 is 0. The van der Waals surface area contributed by atoms with Gasteiger partial charge in [0.15, 0.2) is 0 Å². The van der Waals surface area contributed by atoms with Gasteiger partial charge in [0.25, 0.3) is 0 Å². The molecule has 204 valence electrons. The van der Waals surface area contributed by atoms with E-state index in [9.17, 15) is 0 Å². The molecule has 1 nitrogen and oxygen atoms in total. The molecule has 0 saturated carbocycles. The van der Waals surface area contributed by atoms with Gasteiger partial charge in [-0.2, -0.15) is 0 Å². The number of allylic oxidation sites excluding steroid dienone is 12. The summed E-state index contributed by atoms with van der Waals surface area (Å²) in [7, 11) is 0. The van der Waals surface area contributed by atoms with Gasteiger partial charge in [-0.3, -0.25) is 0 Å². The maximum Gasteiger partial charge on any atom is 0.0458 e. The van der Waals surface area contributed by atoms with E-state index in [1.165, 1.54) is 16.7 Å². The van der Waals surface area contributed by atoms with E-state index in [0.717, 1.165) is 29.1 Å². The lowest BCUT2D eigenvalue weighted by atomic mass is 9.82. The lowest BCUT2D eigenvalue weighted by Gasteiger charge is -2.27. The van der Waals surface area contributed by atoms with Gasteiger partial charge in [-0.1, -0.05) is 138 Å². The van der Waals surface area contributed by atoms with E-state index < -0.39 is 0 Å². The summed E-state index contributed by atoms with van der Waals surface area (Å²) in [5.41, 5.74) is 8.27. The van der Waals surface area contributed by atoms with Gasteiger partial charge in [0.05, 0.1) is 0 Å². The zero-order valence-corrected chi connectivity index (χ0v) is 24.9. The Hall–Kier alpha value is -3.84. The fraction of sp³-hybridized carbons (Fsp3) is 0.263. The third-order valence-electron chi connectivity index (χ3n) is 7.12. The summed E-state index contributed by atoms with van der Waals surface area (Å²) in [4.78, 5) is 2.20. The third-order valence-corrected chi connectivity index (χ3v) is 7.12. The second kappa shape index (κ2) is 16.2. The van der Waals surface area contributed by atoms with E-state index in [1.807, 2.05) is 31.2 Å². The lowest BCUT2D eigenvalue weighted by molar-refractivity contribution is 0.569. The summed E-state index contributed by atoms with van der Waals surface area (Å²) >= 11 is 0. The van der Waals surface area contributed by atoms with Crippen LogP contribution in [0, 0.1) is 17.8 Å². The van der Waals surface area contributed by atoms with E-state index in [1.54, 1.807) is 6.08 Å². The van der Waals surface area contributed by atoms with Gasteiger partial charge in [-0.05, 0) is 79.0 Å². The standard InChI is InChI=1S/C38H47N/c1-10-13-15-16-19-34-20-24-36(25-21-34)39(29(4)5)37-26-22-35(23-27-37)38(28-32(8)30(6)17-12-3)33(9)31(7)18-14-11-2/h10,12-28,31-33H,1,3-4,11H2,2,5-9H3/b15-13-,18-14-,19-16+,30-17+,38-28+. The molecule has 0 bridgehead atoms. The van der Waals surface area contributed by atoms with Crippen molar-refractivity contribution in [1.82, 2.24) is 0 Å². The van der Waals surface area contributed by atoms with Crippen molar-refractivity contribution in [3.05, 3.63) is 145 Å². The highest BCUT2D eigenvalue weighted by Gasteiger charge is 2.19. The van der Waals surface area contributed by atoms with Crippen LogP contribution in [-0.2, 0) is 0 Å². The Morgan fingerprint density at radius 2 is 1.46 bits per heavy atom. The molecule has 0 aliphatic carbocycles.